The van der Waals surface area contributed by atoms with Gasteiger partial charge in [0.25, 0.3) is 0 Å². The molecule has 0 saturated carbocycles. The van der Waals surface area contributed by atoms with Gasteiger partial charge in [-0.3, -0.25) is 14.4 Å². The Labute approximate surface area is 172 Å². The molecule has 1 saturated heterocycles. The minimum atomic E-state index is -0.827. The highest BCUT2D eigenvalue weighted by molar-refractivity contribution is 6.13. The van der Waals surface area contributed by atoms with Crippen LogP contribution in [-0.2, 0) is 35.1 Å². The van der Waals surface area contributed by atoms with Crippen LogP contribution >= 0.6 is 0 Å². The molecular formula is C23H20O7. The maximum absolute atomic E-state index is 12.6. The summed E-state index contributed by atoms with van der Waals surface area (Å²) in [4.78, 5) is 48.9. The van der Waals surface area contributed by atoms with E-state index in [1.54, 1.807) is 19.1 Å². The number of carbonyl (C=O) groups excluding carboxylic acids is 4. The summed E-state index contributed by atoms with van der Waals surface area (Å²) in [7, 11) is 0. The quantitative estimate of drug-likeness (QED) is 0.461. The van der Waals surface area contributed by atoms with E-state index in [9.17, 15) is 24.3 Å². The van der Waals surface area contributed by atoms with E-state index in [-0.39, 0.29) is 35.5 Å². The smallest absolute Gasteiger partial charge is 0.334 e. The van der Waals surface area contributed by atoms with Gasteiger partial charge in [0.15, 0.2) is 5.78 Å². The first-order chi connectivity index (χ1) is 14.3. The summed E-state index contributed by atoms with van der Waals surface area (Å²) in [5, 5.41) is 9.38. The van der Waals surface area contributed by atoms with E-state index < -0.39 is 36.0 Å². The molecule has 1 N–H and O–H groups in total. The van der Waals surface area contributed by atoms with Gasteiger partial charge in [-0.2, -0.15) is 0 Å². The number of aromatic hydroxyl groups is 1. The number of aldehydes is 1. The maximum atomic E-state index is 12.6. The summed E-state index contributed by atoms with van der Waals surface area (Å²) in [5.74, 6) is -2.67. The first-order valence-electron chi connectivity index (χ1n) is 9.58. The van der Waals surface area contributed by atoms with E-state index in [1.165, 1.54) is 18.2 Å². The Hall–Kier alpha value is -3.48. The zero-order chi connectivity index (χ0) is 21.6. The topological polar surface area (TPSA) is 107 Å². The molecule has 1 aromatic rings. The molecule has 0 radical (unpaired) electrons. The summed E-state index contributed by atoms with van der Waals surface area (Å²) in [5.41, 5.74) is 2.20. The van der Waals surface area contributed by atoms with Crippen LogP contribution in [0.15, 0.2) is 59.2 Å². The van der Waals surface area contributed by atoms with Crippen molar-refractivity contribution >= 4 is 24.0 Å². The molecule has 4 atom stereocenters. The summed E-state index contributed by atoms with van der Waals surface area (Å²) in [6, 6.07) is 6.19. The van der Waals surface area contributed by atoms with Gasteiger partial charge in [-0.1, -0.05) is 24.3 Å². The average molecular weight is 408 g/mol. The zero-order valence-electron chi connectivity index (χ0n) is 16.3. The first-order valence-corrected chi connectivity index (χ1v) is 9.58. The van der Waals surface area contributed by atoms with Crippen LogP contribution in [0.5, 0.6) is 5.75 Å². The van der Waals surface area contributed by atoms with Gasteiger partial charge < -0.3 is 14.6 Å². The van der Waals surface area contributed by atoms with Crippen LogP contribution in [0.4, 0.5) is 0 Å². The Morgan fingerprint density at radius 3 is 2.67 bits per heavy atom. The predicted octanol–water partition coefficient (Wildman–Crippen LogP) is 1.99. The van der Waals surface area contributed by atoms with Crippen LogP contribution in [0.2, 0.25) is 0 Å². The summed E-state index contributed by atoms with van der Waals surface area (Å²) >= 11 is 0. The second-order valence-corrected chi connectivity index (χ2v) is 7.79. The van der Waals surface area contributed by atoms with Crippen molar-refractivity contribution in [2.45, 2.75) is 32.0 Å². The highest BCUT2D eigenvalue weighted by atomic mass is 16.6. The third-order valence-corrected chi connectivity index (χ3v) is 5.89. The molecule has 0 amide bonds. The van der Waals surface area contributed by atoms with Crippen LogP contribution in [0, 0.1) is 11.8 Å². The molecule has 1 fully saturated rings. The number of rotatable bonds is 4. The number of phenolic OH excluding ortho intramolecular Hbond substituents is 1. The van der Waals surface area contributed by atoms with Gasteiger partial charge in [-0.05, 0) is 30.7 Å². The van der Waals surface area contributed by atoms with Gasteiger partial charge in [-0.25, -0.2) is 4.79 Å². The lowest BCUT2D eigenvalue weighted by Gasteiger charge is -2.27. The molecule has 4 rings (SSSR count). The summed E-state index contributed by atoms with van der Waals surface area (Å²) < 4.78 is 11.2. The van der Waals surface area contributed by atoms with Crippen molar-refractivity contribution in [2.75, 3.05) is 0 Å². The van der Waals surface area contributed by atoms with Crippen molar-refractivity contribution in [3.05, 3.63) is 64.8 Å². The molecule has 154 valence electrons. The molecule has 1 heterocycles. The van der Waals surface area contributed by atoms with E-state index in [2.05, 4.69) is 6.58 Å². The highest BCUT2D eigenvalue weighted by Crippen LogP contribution is 2.47. The Morgan fingerprint density at radius 2 is 2.00 bits per heavy atom. The van der Waals surface area contributed by atoms with Gasteiger partial charge >= 0.3 is 11.9 Å². The fourth-order valence-electron chi connectivity index (χ4n) is 4.54. The van der Waals surface area contributed by atoms with Crippen molar-refractivity contribution in [1.29, 1.82) is 0 Å². The Bertz CT molecular complexity index is 1030. The third-order valence-electron chi connectivity index (χ3n) is 5.89. The maximum Gasteiger partial charge on any atom is 0.334 e. The predicted molar refractivity (Wildman–Crippen MR) is 104 cm³/mol. The second-order valence-electron chi connectivity index (χ2n) is 7.79. The minimum absolute atomic E-state index is 0.0209. The van der Waals surface area contributed by atoms with Crippen LogP contribution in [0.25, 0.3) is 0 Å². The number of allylic oxidation sites excluding steroid dienone is 1. The van der Waals surface area contributed by atoms with Crippen molar-refractivity contribution in [1.82, 2.24) is 0 Å². The average Bonchev–Trinajstić information content (AvgIpc) is 3.15. The molecule has 30 heavy (non-hydrogen) atoms. The van der Waals surface area contributed by atoms with Gasteiger partial charge in [0.1, 0.15) is 24.2 Å². The number of hydrogen-bond acceptors (Lipinski definition) is 7. The van der Waals surface area contributed by atoms with E-state index in [1.807, 2.05) is 0 Å². The molecule has 1 aliphatic heterocycles. The molecular weight excluding hydrogens is 388 g/mol. The monoisotopic (exact) mass is 408 g/mol. The van der Waals surface area contributed by atoms with Crippen molar-refractivity contribution < 1.29 is 33.8 Å². The number of benzene rings is 1. The molecule has 0 spiro atoms. The molecule has 3 aliphatic rings. The molecule has 7 heteroatoms. The van der Waals surface area contributed by atoms with Crippen molar-refractivity contribution in [3.63, 3.8) is 0 Å². The van der Waals surface area contributed by atoms with Gasteiger partial charge in [-0.15, -0.1) is 0 Å². The number of ether oxygens (including phenoxy) is 2. The zero-order valence-corrected chi connectivity index (χ0v) is 16.3. The lowest BCUT2D eigenvalue weighted by molar-refractivity contribution is -0.152. The Kier molecular flexibility index (Phi) is 4.89. The number of hydrogen-bond donors (Lipinski definition) is 1. The fraction of sp³-hybridized carbons (Fsp3) is 0.304. The molecule has 7 nitrogen and oxygen atoms in total. The number of phenols is 1. The van der Waals surface area contributed by atoms with Crippen LogP contribution in [-0.4, -0.2) is 41.3 Å². The third kappa shape index (κ3) is 3.26. The largest absolute Gasteiger partial charge is 0.508 e. The van der Waals surface area contributed by atoms with Crippen LogP contribution < -0.4 is 0 Å². The van der Waals surface area contributed by atoms with E-state index >= 15 is 0 Å². The minimum Gasteiger partial charge on any atom is -0.508 e. The SMILES string of the molecule is C=C1C(=O)O[C@@H]2[C@H]3C(C=O)=CC(=O)C3=C(C)C[C@H](OC(=O)Cc3ccc(O)cc3)[C@@H]12. The van der Waals surface area contributed by atoms with E-state index in [0.29, 0.717) is 23.0 Å². The molecule has 1 aromatic carbocycles. The standard InChI is InChI=1S/C23H20O7/c1-11-7-17(29-18(27)8-13-3-5-15(25)6-4-13)20-12(2)23(28)30-22(20)21-14(10-24)9-16(26)19(11)21/h3-6,9-10,17,20-22,25H,2,7-8H2,1H3/t17-,20+,21-,22-/m0/s1. The molecule has 0 unspecified atom stereocenters. The van der Waals surface area contributed by atoms with E-state index in [0.717, 1.165) is 0 Å². The fourth-order valence-corrected chi connectivity index (χ4v) is 4.54. The number of ketones is 1. The van der Waals surface area contributed by atoms with E-state index in [4.69, 9.17) is 9.47 Å². The highest BCUT2D eigenvalue weighted by Gasteiger charge is 2.54. The number of esters is 2. The Morgan fingerprint density at radius 1 is 1.30 bits per heavy atom. The molecule has 0 aromatic heterocycles. The van der Waals surface area contributed by atoms with Gasteiger partial charge in [0, 0.05) is 23.1 Å². The van der Waals surface area contributed by atoms with Crippen molar-refractivity contribution in [2.24, 2.45) is 11.8 Å². The van der Waals surface area contributed by atoms with Crippen LogP contribution in [0.1, 0.15) is 18.9 Å². The molecule has 0 bridgehead atoms. The van der Waals surface area contributed by atoms with Gasteiger partial charge in [0.05, 0.1) is 18.3 Å². The van der Waals surface area contributed by atoms with Gasteiger partial charge in [0.2, 0.25) is 0 Å². The number of carbonyl (C=O) groups is 4. The lowest BCUT2D eigenvalue weighted by atomic mass is 9.82. The summed E-state index contributed by atoms with van der Waals surface area (Å²) in [6.07, 6.45) is 0.512. The lowest BCUT2D eigenvalue weighted by Crippen LogP contribution is -2.36. The molecule has 2 aliphatic carbocycles. The van der Waals surface area contributed by atoms with Crippen molar-refractivity contribution in [3.8, 4) is 5.75 Å². The second kappa shape index (κ2) is 7.40. The first kappa shape index (κ1) is 19.8. The van der Waals surface area contributed by atoms with Crippen LogP contribution in [0.3, 0.4) is 0 Å². The summed E-state index contributed by atoms with van der Waals surface area (Å²) in [6.45, 7) is 5.57. The Balaban J connectivity index is 1.64. The normalized spacial score (nSPS) is 27.8. The number of fused-ring (bicyclic) bond motifs is 3.